The maximum absolute atomic E-state index is 13.7. The average molecular weight is 354 g/mol. The van der Waals surface area contributed by atoms with Gasteiger partial charge in [-0.05, 0) is 29.8 Å². The van der Waals surface area contributed by atoms with Gasteiger partial charge in [-0.25, -0.2) is 4.39 Å². The molecule has 2 aromatic carbocycles. The summed E-state index contributed by atoms with van der Waals surface area (Å²) in [5, 5.41) is 12.7. The second kappa shape index (κ2) is 7.99. The van der Waals surface area contributed by atoms with Crippen LogP contribution in [-0.2, 0) is 0 Å². The molecule has 0 bridgehead atoms. The number of hydrogen-bond acceptors (Lipinski definition) is 4. The lowest BCUT2D eigenvalue weighted by atomic mass is 10.1. The van der Waals surface area contributed by atoms with Crippen LogP contribution in [0.3, 0.4) is 0 Å². The van der Waals surface area contributed by atoms with E-state index < -0.39 is 17.8 Å². The Labute approximate surface area is 144 Å². The van der Waals surface area contributed by atoms with Crippen LogP contribution in [0, 0.1) is 5.82 Å². The van der Waals surface area contributed by atoms with Gasteiger partial charge in [-0.3, -0.25) is 4.79 Å². The van der Waals surface area contributed by atoms with Crippen LogP contribution >= 0.6 is 11.6 Å². The van der Waals surface area contributed by atoms with Crippen molar-refractivity contribution in [1.29, 1.82) is 0 Å². The quantitative estimate of drug-likeness (QED) is 0.837. The lowest BCUT2D eigenvalue weighted by Crippen LogP contribution is -2.29. The fourth-order valence-electron chi connectivity index (χ4n) is 2.17. The molecule has 0 aliphatic heterocycles. The maximum Gasteiger partial charge on any atom is 0.255 e. The molecule has 5 nitrogen and oxygen atoms in total. The van der Waals surface area contributed by atoms with Crippen LogP contribution in [0.5, 0.6) is 11.5 Å². The summed E-state index contributed by atoms with van der Waals surface area (Å²) in [5.74, 6) is -0.439. The average Bonchev–Trinajstić information content (AvgIpc) is 2.58. The van der Waals surface area contributed by atoms with E-state index in [1.54, 1.807) is 18.2 Å². The molecule has 2 aromatic rings. The van der Waals surface area contributed by atoms with Gasteiger partial charge in [0.05, 0.1) is 30.9 Å². The lowest BCUT2D eigenvalue weighted by molar-refractivity contribution is 0.0912. The molecule has 1 unspecified atom stereocenters. The molecular formula is C17H17ClFNO4. The van der Waals surface area contributed by atoms with E-state index in [1.807, 2.05) is 0 Å². The molecule has 0 fully saturated rings. The van der Waals surface area contributed by atoms with Crippen LogP contribution in [0.1, 0.15) is 22.0 Å². The summed E-state index contributed by atoms with van der Waals surface area (Å²) in [4.78, 5) is 12.1. The van der Waals surface area contributed by atoms with Gasteiger partial charge in [0, 0.05) is 6.54 Å². The highest BCUT2D eigenvalue weighted by Crippen LogP contribution is 2.29. The van der Waals surface area contributed by atoms with E-state index in [2.05, 4.69) is 5.32 Å². The van der Waals surface area contributed by atoms with Gasteiger partial charge in [0.2, 0.25) is 0 Å². The molecule has 0 heterocycles. The SMILES string of the molecule is COc1ccc(C(O)CNC(=O)c2c(F)cccc2Cl)cc1OC. The number of methoxy groups -OCH3 is 2. The van der Waals surface area contributed by atoms with Gasteiger partial charge >= 0.3 is 0 Å². The first-order valence-electron chi connectivity index (χ1n) is 7.10. The van der Waals surface area contributed by atoms with E-state index in [0.29, 0.717) is 17.1 Å². The second-order valence-electron chi connectivity index (χ2n) is 4.94. The third-order valence-electron chi connectivity index (χ3n) is 3.44. The van der Waals surface area contributed by atoms with Crippen molar-refractivity contribution in [2.75, 3.05) is 20.8 Å². The van der Waals surface area contributed by atoms with E-state index >= 15 is 0 Å². The van der Waals surface area contributed by atoms with Crippen LogP contribution < -0.4 is 14.8 Å². The minimum atomic E-state index is -1.00. The Bertz CT molecular complexity index is 718. The predicted molar refractivity (Wildman–Crippen MR) is 88.2 cm³/mol. The smallest absolute Gasteiger partial charge is 0.255 e. The van der Waals surface area contributed by atoms with Crippen molar-refractivity contribution in [2.24, 2.45) is 0 Å². The molecular weight excluding hydrogens is 337 g/mol. The molecule has 2 N–H and O–H groups in total. The number of benzene rings is 2. The normalized spacial score (nSPS) is 11.7. The largest absolute Gasteiger partial charge is 0.493 e. The highest BCUT2D eigenvalue weighted by Gasteiger charge is 2.18. The Morgan fingerprint density at radius 2 is 1.96 bits per heavy atom. The van der Waals surface area contributed by atoms with Crippen LogP contribution in [0.4, 0.5) is 4.39 Å². The highest BCUT2D eigenvalue weighted by atomic mass is 35.5. The van der Waals surface area contributed by atoms with Crippen molar-refractivity contribution in [2.45, 2.75) is 6.10 Å². The number of amides is 1. The maximum atomic E-state index is 13.7. The first kappa shape index (κ1) is 18.0. The minimum absolute atomic E-state index is 0.00751. The number of aliphatic hydroxyl groups is 1. The molecule has 0 aliphatic carbocycles. The van der Waals surface area contributed by atoms with Gasteiger partial charge < -0.3 is 19.9 Å². The van der Waals surface area contributed by atoms with Gasteiger partial charge in [-0.2, -0.15) is 0 Å². The van der Waals surface area contributed by atoms with E-state index in [9.17, 15) is 14.3 Å². The number of nitrogens with one attached hydrogen (secondary N) is 1. The van der Waals surface area contributed by atoms with Gasteiger partial charge in [-0.1, -0.05) is 23.7 Å². The first-order valence-corrected chi connectivity index (χ1v) is 7.48. The lowest BCUT2D eigenvalue weighted by Gasteiger charge is -2.15. The zero-order valence-corrected chi connectivity index (χ0v) is 13.9. The number of ether oxygens (including phenoxy) is 2. The Hall–Kier alpha value is -2.31. The predicted octanol–water partition coefficient (Wildman–Crippen LogP) is 2.96. The molecule has 128 valence electrons. The number of carbonyl (C=O) groups is 1. The summed E-state index contributed by atoms with van der Waals surface area (Å²) in [6.45, 7) is -0.112. The van der Waals surface area contributed by atoms with Gasteiger partial charge in [0.15, 0.2) is 11.5 Å². The third-order valence-corrected chi connectivity index (χ3v) is 3.75. The summed E-state index contributed by atoms with van der Waals surface area (Å²) in [6.07, 6.45) is -1.00. The van der Waals surface area contributed by atoms with Crippen molar-refractivity contribution in [3.8, 4) is 11.5 Å². The standard InChI is InChI=1S/C17H17ClFNO4/c1-23-14-7-6-10(8-15(14)24-2)13(21)9-20-17(22)16-11(18)4-3-5-12(16)19/h3-8,13,21H,9H2,1-2H3,(H,20,22). The zero-order valence-electron chi connectivity index (χ0n) is 13.2. The van der Waals surface area contributed by atoms with Crippen molar-refractivity contribution in [3.05, 3.63) is 58.4 Å². The van der Waals surface area contributed by atoms with E-state index in [4.69, 9.17) is 21.1 Å². The minimum Gasteiger partial charge on any atom is -0.493 e. The second-order valence-corrected chi connectivity index (χ2v) is 5.34. The Morgan fingerprint density at radius 1 is 1.25 bits per heavy atom. The number of halogens is 2. The first-order chi connectivity index (χ1) is 11.5. The number of aliphatic hydroxyl groups excluding tert-OH is 1. The molecule has 0 saturated carbocycles. The van der Waals surface area contributed by atoms with Gasteiger partial charge in [0.1, 0.15) is 5.82 Å². The van der Waals surface area contributed by atoms with Crippen LogP contribution in [0.25, 0.3) is 0 Å². The summed E-state index contributed by atoms with van der Waals surface area (Å²) in [7, 11) is 2.99. The Kier molecular flexibility index (Phi) is 6.00. The molecule has 0 spiro atoms. The van der Waals surface area contributed by atoms with Crippen LogP contribution in [-0.4, -0.2) is 31.8 Å². The van der Waals surface area contributed by atoms with E-state index in [0.717, 1.165) is 6.07 Å². The van der Waals surface area contributed by atoms with Crippen molar-refractivity contribution < 1.29 is 23.8 Å². The summed E-state index contributed by atoms with van der Waals surface area (Å²) < 4.78 is 24.0. The van der Waals surface area contributed by atoms with Crippen molar-refractivity contribution in [3.63, 3.8) is 0 Å². The molecule has 0 aliphatic rings. The fourth-order valence-corrected chi connectivity index (χ4v) is 2.42. The van der Waals surface area contributed by atoms with Crippen molar-refractivity contribution in [1.82, 2.24) is 5.32 Å². The Morgan fingerprint density at radius 3 is 2.58 bits per heavy atom. The number of hydrogen-bond donors (Lipinski definition) is 2. The van der Waals surface area contributed by atoms with Gasteiger partial charge in [0.25, 0.3) is 5.91 Å². The van der Waals surface area contributed by atoms with Crippen molar-refractivity contribution >= 4 is 17.5 Å². The molecule has 0 radical (unpaired) electrons. The van der Waals surface area contributed by atoms with Crippen LogP contribution in [0.15, 0.2) is 36.4 Å². The fraction of sp³-hybridized carbons (Fsp3) is 0.235. The zero-order chi connectivity index (χ0) is 17.7. The topological polar surface area (TPSA) is 67.8 Å². The molecule has 24 heavy (non-hydrogen) atoms. The third kappa shape index (κ3) is 3.96. The van der Waals surface area contributed by atoms with E-state index in [1.165, 1.54) is 26.4 Å². The molecule has 1 amide bonds. The monoisotopic (exact) mass is 353 g/mol. The Balaban J connectivity index is 2.08. The highest BCUT2D eigenvalue weighted by molar-refractivity contribution is 6.33. The summed E-state index contributed by atoms with van der Waals surface area (Å²) in [6, 6.07) is 8.87. The molecule has 1 atom stereocenters. The molecule has 0 saturated heterocycles. The molecule has 0 aromatic heterocycles. The molecule has 2 rings (SSSR count). The summed E-state index contributed by atoms with van der Waals surface area (Å²) in [5.41, 5.74) is 0.270. The molecule has 7 heteroatoms. The van der Waals surface area contributed by atoms with Crippen LogP contribution in [0.2, 0.25) is 5.02 Å². The van der Waals surface area contributed by atoms with Gasteiger partial charge in [-0.15, -0.1) is 0 Å². The summed E-state index contributed by atoms with van der Waals surface area (Å²) >= 11 is 5.84. The number of carbonyl (C=O) groups excluding carboxylic acids is 1. The van der Waals surface area contributed by atoms with E-state index in [-0.39, 0.29) is 17.1 Å². The number of rotatable bonds is 6.